The van der Waals surface area contributed by atoms with E-state index in [-0.39, 0.29) is 11.6 Å². The van der Waals surface area contributed by atoms with E-state index in [0.717, 1.165) is 49.4 Å². The molecule has 1 aromatic carbocycles. The molecule has 2 aliphatic carbocycles. The number of fused-ring (bicyclic) bond motifs is 2. The van der Waals surface area contributed by atoms with Gasteiger partial charge in [0.1, 0.15) is 11.6 Å². The fourth-order valence-corrected chi connectivity index (χ4v) is 3.82. The monoisotopic (exact) mass is 343 g/mol. The molecule has 130 valence electrons. The summed E-state index contributed by atoms with van der Waals surface area (Å²) in [7, 11) is 0. The number of hydrogen-bond acceptors (Lipinski definition) is 3. The summed E-state index contributed by atoms with van der Waals surface area (Å²) >= 11 is 0. The highest BCUT2D eigenvalue weighted by Gasteiger charge is 2.26. The average molecular weight is 343 g/mol. The molecule has 2 aromatic rings. The summed E-state index contributed by atoms with van der Waals surface area (Å²) in [5.74, 6) is -1.50. The summed E-state index contributed by atoms with van der Waals surface area (Å²) in [6.07, 6.45) is 5.97. The zero-order valence-corrected chi connectivity index (χ0v) is 13.8. The van der Waals surface area contributed by atoms with Gasteiger partial charge in [-0.05, 0) is 73.8 Å². The van der Waals surface area contributed by atoms with Gasteiger partial charge in [-0.15, -0.1) is 5.10 Å². The quantitative estimate of drug-likeness (QED) is 0.909. The summed E-state index contributed by atoms with van der Waals surface area (Å²) in [6.45, 7) is 0. The zero-order chi connectivity index (χ0) is 17.4. The van der Waals surface area contributed by atoms with Crippen LogP contribution in [0.1, 0.15) is 64.6 Å². The van der Waals surface area contributed by atoms with Crippen LogP contribution in [-0.2, 0) is 19.3 Å². The minimum Gasteiger partial charge on any atom is -0.344 e. The van der Waals surface area contributed by atoms with Crippen molar-refractivity contribution in [2.75, 3.05) is 0 Å². The third kappa shape index (κ3) is 3.13. The summed E-state index contributed by atoms with van der Waals surface area (Å²) in [4.78, 5) is 12.6. The van der Waals surface area contributed by atoms with Crippen LogP contribution in [0.25, 0.3) is 0 Å². The van der Waals surface area contributed by atoms with Crippen LogP contribution in [0.4, 0.5) is 8.78 Å². The minimum absolute atomic E-state index is 0.268. The predicted octanol–water partition coefficient (Wildman–Crippen LogP) is 3.44. The molecule has 0 unspecified atom stereocenters. The zero-order valence-electron chi connectivity index (χ0n) is 13.8. The highest BCUT2D eigenvalue weighted by molar-refractivity contribution is 5.92. The second-order valence-electron chi connectivity index (χ2n) is 6.78. The van der Waals surface area contributed by atoms with E-state index in [0.29, 0.717) is 24.0 Å². The van der Waals surface area contributed by atoms with Crippen molar-refractivity contribution in [3.63, 3.8) is 0 Å². The molecule has 1 aromatic heterocycles. The maximum atomic E-state index is 14.0. The van der Waals surface area contributed by atoms with Crippen LogP contribution >= 0.6 is 0 Å². The van der Waals surface area contributed by atoms with E-state index < -0.39 is 17.7 Å². The molecule has 0 fully saturated rings. The standard InChI is InChI=1S/C19H19F2N3O/c20-12-9-14-13(15(21)10-12)5-3-7-17(14)22-19(25)18-8-11-4-1-2-6-16(11)23-24-18/h8-10,17H,1-7H2,(H,22,25)/t17-/m1/s1. The van der Waals surface area contributed by atoms with Gasteiger partial charge in [-0.3, -0.25) is 4.79 Å². The maximum Gasteiger partial charge on any atom is 0.272 e. The third-order valence-electron chi connectivity index (χ3n) is 5.10. The van der Waals surface area contributed by atoms with Gasteiger partial charge < -0.3 is 5.32 Å². The Labute approximate surface area is 144 Å². The van der Waals surface area contributed by atoms with E-state index in [1.807, 2.05) is 0 Å². The number of hydrogen-bond donors (Lipinski definition) is 1. The molecule has 25 heavy (non-hydrogen) atoms. The molecule has 1 amide bonds. The largest absolute Gasteiger partial charge is 0.344 e. The van der Waals surface area contributed by atoms with Crippen LogP contribution < -0.4 is 5.32 Å². The van der Waals surface area contributed by atoms with Gasteiger partial charge >= 0.3 is 0 Å². The molecule has 1 heterocycles. The Hall–Kier alpha value is -2.37. The lowest BCUT2D eigenvalue weighted by Gasteiger charge is -2.26. The highest BCUT2D eigenvalue weighted by Crippen LogP contribution is 2.32. The molecule has 1 N–H and O–H groups in total. The Morgan fingerprint density at radius 3 is 2.76 bits per heavy atom. The SMILES string of the molecule is O=C(N[C@@H]1CCCc2c(F)cc(F)cc21)c1cc2c(nn1)CCCC2. The summed E-state index contributed by atoms with van der Waals surface area (Å²) in [5.41, 5.74) is 3.34. The number of halogens is 2. The molecule has 0 saturated carbocycles. The Kier molecular flexibility index (Phi) is 4.19. The molecular weight excluding hydrogens is 324 g/mol. The van der Waals surface area contributed by atoms with Crippen LogP contribution in [0, 0.1) is 11.6 Å². The molecule has 1 atom stereocenters. The van der Waals surface area contributed by atoms with E-state index in [4.69, 9.17) is 0 Å². The van der Waals surface area contributed by atoms with Gasteiger partial charge in [0.25, 0.3) is 5.91 Å². The smallest absolute Gasteiger partial charge is 0.272 e. The lowest BCUT2D eigenvalue weighted by atomic mass is 9.87. The first-order chi connectivity index (χ1) is 12.1. The van der Waals surface area contributed by atoms with Crippen molar-refractivity contribution in [3.8, 4) is 0 Å². The number of aryl methyl sites for hydroxylation is 2. The van der Waals surface area contributed by atoms with Crippen molar-refractivity contribution in [1.29, 1.82) is 0 Å². The van der Waals surface area contributed by atoms with Gasteiger partial charge in [-0.1, -0.05) is 0 Å². The van der Waals surface area contributed by atoms with Crippen LogP contribution in [0.3, 0.4) is 0 Å². The maximum absolute atomic E-state index is 14.0. The number of amides is 1. The van der Waals surface area contributed by atoms with Gasteiger partial charge in [0.05, 0.1) is 11.7 Å². The van der Waals surface area contributed by atoms with Gasteiger partial charge in [-0.25, -0.2) is 8.78 Å². The number of rotatable bonds is 2. The Morgan fingerprint density at radius 1 is 1.04 bits per heavy atom. The first-order valence-electron chi connectivity index (χ1n) is 8.76. The second kappa shape index (κ2) is 6.50. The van der Waals surface area contributed by atoms with Crippen molar-refractivity contribution >= 4 is 5.91 Å². The van der Waals surface area contributed by atoms with Crippen LogP contribution in [0.5, 0.6) is 0 Å². The number of carbonyl (C=O) groups is 1. The number of nitrogens with zero attached hydrogens (tertiary/aromatic N) is 2. The topological polar surface area (TPSA) is 54.9 Å². The van der Waals surface area contributed by atoms with E-state index >= 15 is 0 Å². The predicted molar refractivity (Wildman–Crippen MR) is 88.2 cm³/mol. The van der Waals surface area contributed by atoms with Gasteiger partial charge in [0, 0.05) is 6.07 Å². The van der Waals surface area contributed by atoms with Gasteiger partial charge in [0.2, 0.25) is 0 Å². The lowest BCUT2D eigenvalue weighted by molar-refractivity contribution is 0.0926. The van der Waals surface area contributed by atoms with Crippen LogP contribution in [0.15, 0.2) is 18.2 Å². The van der Waals surface area contributed by atoms with Gasteiger partial charge in [0.15, 0.2) is 5.69 Å². The van der Waals surface area contributed by atoms with Crippen molar-refractivity contribution in [3.05, 3.63) is 57.9 Å². The Balaban J connectivity index is 1.58. The molecule has 6 heteroatoms. The molecular formula is C19H19F2N3O. The number of carbonyl (C=O) groups excluding carboxylic acids is 1. The third-order valence-corrected chi connectivity index (χ3v) is 5.10. The molecule has 0 radical (unpaired) electrons. The lowest BCUT2D eigenvalue weighted by Crippen LogP contribution is -2.32. The molecule has 4 rings (SSSR count). The Morgan fingerprint density at radius 2 is 1.88 bits per heavy atom. The van der Waals surface area contributed by atoms with Crippen molar-refractivity contribution < 1.29 is 13.6 Å². The van der Waals surface area contributed by atoms with Crippen molar-refractivity contribution in [1.82, 2.24) is 15.5 Å². The fourth-order valence-electron chi connectivity index (χ4n) is 3.82. The van der Waals surface area contributed by atoms with Gasteiger partial charge in [-0.2, -0.15) is 5.10 Å². The molecule has 4 nitrogen and oxygen atoms in total. The van der Waals surface area contributed by atoms with E-state index in [1.165, 1.54) is 6.07 Å². The van der Waals surface area contributed by atoms with Crippen molar-refractivity contribution in [2.24, 2.45) is 0 Å². The summed E-state index contributed by atoms with van der Waals surface area (Å²) < 4.78 is 27.6. The molecule has 0 bridgehead atoms. The average Bonchev–Trinajstić information content (AvgIpc) is 2.62. The Bertz CT molecular complexity index is 838. The van der Waals surface area contributed by atoms with E-state index in [9.17, 15) is 13.6 Å². The molecule has 0 spiro atoms. The normalized spacial score (nSPS) is 19.0. The highest BCUT2D eigenvalue weighted by atomic mass is 19.1. The second-order valence-corrected chi connectivity index (χ2v) is 6.78. The fraction of sp³-hybridized carbons (Fsp3) is 0.421. The summed E-state index contributed by atoms with van der Waals surface area (Å²) in [5, 5.41) is 11.1. The van der Waals surface area contributed by atoms with E-state index in [2.05, 4.69) is 15.5 Å². The molecule has 0 saturated heterocycles. The first kappa shape index (κ1) is 16.1. The summed E-state index contributed by atoms with van der Waals surface area (Å²) in [6, 6.07) is 3.62. The van der Waals surface area contributed by atoms with Crippen LogP contribution in [-0.4, -0.2) is 16.1 Å². The number of aromatic nitrogens is 2. The number of benzene rings is 1. The number of nitrogens with one attached hydrogen (secondary N) is 1. The first-order valence-corrected chi connectivity index (χ1v) is 8.76. The van der Waals surface area contributed by atoms with Crippen LogP contribution in [0.2, 0.25) is 0 Å². The van der Waals surface area contributed by atoms with Crippen molar-refractivity contribution in [2.45, 2.75) is 51.0 Å². The molecule has 2 aliphatic rings. The van der Waals surface area contributed by atoms with E-state index in [1.54, 1.807) is 6.07 Å². The minimum atomic E-state index is -0.619. The molecule has 0 aliphatic heterocycles.